The molecule has 0 radical (unpaired) electrons. The van der Waals surface area contributed by atoms with Crippen LogP contribution in [0.15, 0.2) is 42.5 Å². The molecule has 0 spiro atoms. The molecule has 0 bridgehead atoms. The SMILES string of the molecule is O=C([O-])c1ccc2c(c1)C(=O)N(CCCc1nc3ccccc3[nH]1)C2=O. The number of benzene rings is 2. The number of imidazole rings is 1. The summed E-state index contributed by atoms with van der Waals surface area (Å²) < 4.78 is 0. The number of H-pyrrole nitrogens is 1. The fourth-order valence-corrected chi connectivity index (χ4v) is 3.15. The van der Waals surface area contributed by atoms with E-state index in [4.69, 9.17) is 0 Å². The van der Waals surface area contributed by atoms with Gasteiger partial charge in [-0.2, -0.15) is 0 Å². The summed E-state index contributed by atoms with van der Waals surface area (Å²) in [6.07, 6.45) is 1.14. The summed E-state index contributed by atoms with van der Waals surface area (Å²) >= 11 is 0. The molecule has 0 fully saturated rings. The number of nitrogens with zero attached hydrogens (tertiary/aromatic N) is 2. The van der Waals surface area contributed by atoms with Crippen LogP contribution in [0.4, 0.5) is 0 Å². The smallest absolute Gasteiger partial charge is 0.261 e. The highest BCUT2D eigenvalue weighted by Gasteiger charge is 2.35. The Labute approximate surface area is 148 Å². The molecule has 26 heavy (non-hydrogen) atoms. The molecule has 0 saturated carbocycles. The number of aromatic nitrogens is 2. The molecule has 1 N–H and O–H groups in total. The quantitative estimate of drug-likeness (QED) is 0.696. The summed E-state index contributed by atoms with van der Waals surface area (Å²) in [7, 11) is 0. The predicted molar refractivity (Wildman–Crippen MR) is 90.6 cm³/mol. The maximum atomic E-state index is 12.4. The van der Waals surface area contributed by atoms with Crippen molar-refractivity contribution in [2.24, 2.45) is 0 Å². The number of carbonyl (C=O) groups is 3. The number of carboxylic acid groups (broad SMARTS) is 1. The summed E-state index contributed by atoms with van der Waals surface area (Å²) in [5, 5.41) is 10.9. The number of fused-ring (bicyclic) bond motifs is 2. The number of hydrogen-bond donors (Lipinski definition) is 1. The van der Waals surface area contributed by atoms with Gasteiger partial charge in [0.25, 0.3) is 11.8 Å². The van der Waals surface area contributed by atoms with E-state index in [1.165, 1.54) is 18.2 Å². The van der Waals surface area contributed by atoms with Crippen molar-refractivity contribution in [3.63, 3.8) is 0 Å². The first-order valence-corrected chi connectivity index (χ1v) is 8.20. The lowest BCUT2D eigenvalue weighted by Crippen LogP contribution is -2.31. The molecule has 7 heteroatoms. The van der Waals surface area contributed by atoms with E-state index in [0.29, 0.717) is 12.8 Å². The summed E-state index contributed by atoms with van der Waals surface area (Å²) in [4.78, 5) is 44.6. The second-order valence-corrected chi connectivity index (χ2v) is 6.11. The Morgan fingerprint density at radius 3 is 2.62 bits per heavy atom. The van der Waals surface area contributed by atoms with Crippen molar-refractivity contribution in [1.82, 2.24) is 14.9 Å². The van der Waals surface area contributed by atoms with E-state index in [-0.39, 0.29) is 23.2 Å². The van der Waals surface area contributed by atoms with Gasteiger partial charge in [-0.3, -0.25) is 14.5 Å². The van der Waals surface area contributed by atoms with Crippen LogP contribution in [-0.4, -0.2) is 39.2 Å². The number of carbonyl (C=O) groups excluding carboxylic acids is 3. The van der Waals surface area contributed by atoms with E-state index < -0.39 is 17.8 Å². The van der Waals surface area contributed by atoms with Crippen LogP contribution in [0, 0.1) is 0 Å². The molecule has 7 nitrogen and oxygen atoms in total. The Hall–Kier alpha value is -3.48. The van der Waals surface area contributed by atoms with Gasteiger partial charge in [0.1, 0.15) is 5.82 Å². The van der Waals surface area contributed by atoms with Gasteiger partial charge in [0.2, 0.25) is 0 Å². The number of hydrogen-bond acceptors (Lipinski definition) is 5. The van der Waals surface area contributed by atoms with Crippen LogP contribution in [0.25, 0.3) is 11.0 Å². The Balaban J connectivity index is 1.46. The molecule has 1 aliphatic heterocycles. The molecule has 2 aromatic carbocycles. The van der Waals surface area contributed by atoms with E-state index >= 15 is 0 Å². The zero-order valence-electron chi connectivity index (χ0n) is 13.7. The lowest BCUT2D eigenvalue weighted by Gasteiger charge is -2.12. The Morgan fingerprint density at radius 2 is 1.85 bits per heavy atom. The molecule has 3 aromatic rings. The van der Waals surface area contributed by atoms with Crippen LogP contribution in [0.1, 0.15) is 43.3 Å². The highest BCUT2D eigenvalue weighted by molar-refractivity contribution is 6.21. The van der Waals surface area contributed by atoms with Crippen LogP contribution in [0.2, 0.25) is 0 Å². The van der Waals surface area contributed by atoms with E-state index in [2.05, 4.69) is 9.97 Å². The Morgan fingerprint density at radius 1 is 1.08 bits per heavy atom. The number of aromatic amines is 1. The normalized spacial score (nSPS) is 13.5. The maximum Gasteiger partial charge on any atom is 0.261 e. The van der Waals surface area contributed by atoms with Gasteiger partial charge in [-0.25, -0.2) is 4.98 Å². The molecule has 4 rings (SSSR count). The Bertz CT molecular complexity index is 1020. The lowest BCUT2D eigenvalue weighted by atomic mass is 10.1. The maximum absolute atomic E-state index is 12.4. The molecule has 0 atom stereocenters. The minimum Gasteiger partial charge on any atom is -0.545 e. The standard InChI is InChI=1S/C19H15N3O4/c23-17-12-8-7-11(19(25)26)10-13(12)18(24)22(17)9-3-6-16-20-14-4-1-2-5-15(14)21-16/h1-2,4-5,7-8,10H,3,6,9H2,(H,20,21)(H,25,26)/p-1. The molecule has 0 unspecified atom stereocenters. The zero-order chi connectivity index (χ0) is 18.3. The molecule has 0 aliphatic carbocycles. The van der Waals surface area contributed by atoms with Crippen molar-refractivity contribution in [3.8, 4) is 0 Å². The predicted octanol–water partition coefficient (Wildman–Crippen LogP) is 1.16. The second kappa shape index (κ2) is 6.11. The number of aryl methyl sites for hydroxylation is 1. The summed E-state index contributed by atoms with van der Waals surface area (Å²) in [5.74, 6) is -1.46. The van der Waals surface area contributed by atoms with Gasteiger partial charge in [-0.15, -0.1) is 0 Å². The summed E-state index contributed by atoms with van der Waals surface area (Å²) in [6, 6.07) is 11.5. The number of imide groups is 1. The fraction of sp³-hybridized carbons (Fsp3) is 0.158. The summed E-state index contributed by atoms with van der Waals surface area (Å²) in [5.41, 5.74) is 2.04. The van der Waals surface area contributed by atoms with Crippen molar-refractivity contribution in [2.45, 2.75) is 12.8 Å². The zero-order valence-corrected chi connectivity index (χ0v) is 13.7. The molecule has 130 valence electrons. The average Bonchev–Trinajstić information content (AvgIpc) is 3.15. The monoisotopic (exact) mass is 348 g/mol. The third-order valence-electron chi connectivity index (χ3n) is 4.44. The number of nitrogens with one attached hydrogen (secondary N) is 1. The van der Waals surface area contributed by atoms with E-state index in [1.54, 1.807) is 0 Å². The van der Waals surface area contributed by atoms with Gasteiger partial charge in [0, 0.05) is 13.0 Å². The fourth-order valence-electron chi connectivity index (χ4n) is 3.15. The van der Waals surface area contributed by atoms with Crippen molar-refractivity contribution >= 4 is 28.8 Å². The molecule has 0 saturated heterocycles. The van der Waals surface area contributed by atoms with Gasteiger partial charge in [-0.1, -0.05) is 18.2 Å². The van der Waals surface area contributed by atoms with E-state index in [9.17, 15) is 19.5 Å². The first-order chi connectivity index (χ1) is 12.5. The molecule has 1 aliphatic rings. The van der Waals surface area contributed by atoms with Crippen molar-refractivity contribution in [3.05, 3.63) is 65.0 Å². The number of para-hydroxylation sites is 2. The third-order valence-corrected chi connectivity index (χ3v) is 4.44. The van der Waals surface area contributed by atoms with Gasteiger partial charge < -0.3 is 14.9 Å². The third kappa shape index (κ3) is 2.63. The molecular weight excluding hydrogens is 334 g/mol. The molecular formula is C19H14N3O4-. The highest BCUT2D eigenvalue weighted by atomic mass is 16.4. The number of carboxylic acids is 1. The van der Waals surface area contributed by atoms with Gasteiger partial charge in [0.05, 0.1) is 28.1 Å². The van der Waals surface area contributed by atoms with Crippen LogP contribution >= 0.6 is 0 Å². The van der Waals surface area contributed by atoms with Gasteiger partial charge in [-0.05, 0) is 36.2 Å². The second-order valence-electron chi connectivity index (χ2n) is 6.11. The Kier molecular flexibility index (Phi) is 3.76. The highest BCUT2D eigenvalue weighted by Crippen LogP contribution is 2.24. The van der Waals surface area contributed by atoms with E-state index in [1.807, 2.05) is 24.3 Å². The van der Waals surface area contributed by atoms with Crippen molar-refractivity contribution in [1.29, 1.82) is 0 Å². The summed E-state index contributed by atoms with van der Waals surface area (Å²) in [6.45, 7) is 0.240. The number of aromatic carboxylic acids is 1. The topological polar surface area (TPSA) is 106 Å². The first-order valence-electron chi connectivity index (χ1n) is 8.20. The van der Waals surface area contributed by atoms with E-state index in [0.717, 1.165) is 21.8 Å². The number of rotatable bonds is 5. The van der Waals surface area contributed by atoms with Crippen LogP contribution in [0.5, 0.6) is 0 Å². The largest absolute Gasteiger partial charge is 0.545 e. The van der Waals surface area contributed by atoms with Gasteiger partial charge >= 0.3 is 0 Å². The molecule has 2 heterocycles. The molecule has 2 amide bonds. The lowest BCUT2D eigenvalue weighted by molar-refractivity contribution is -0.255. The minimum atomic E-state index is -1.38. The molecule has 1 aromatic heterocycles. The first kappa shape index (κ1) is 16.0. The number of amides is 2. The van der Waals surface area contributed by atoms with Gasteiger partial charge in [0.15, 0.2) is 0 Å². The van der Waals surface area contributed by atoms with Crippen molar-refractivity contribution < 1.29 is 19.5 Å². The minimum absolute atomic E-state index is 0.112. The van der Waals surface area contributed by atoms with Crippen LogP contribution in [-0.2, 0) is 6.42 Å². The average molecular weight is 348 g/mol. The van der Waals surface area contributed by atoms with Crippen LogP contribution in [0.3, 0.4) is 0 Å². The van der Waals surface area contributed by atoms with Crippen LogP contribution < -0.4 is 5.11 Å². The van der Waals surface area contributed by atoms with Crippen molar-refractivity contribution in [2.75, 3.05) is 6.54 Å².